The fraction of sp³-hybridized carbons (Fsp3) is 0.611. The van der Waals surface area contributed by atoms with Crippen LogP contribution in [0.5, 0.6) is 11.5 Å². The third kappa shape index (κ3) is 10.4. The summed E-state index contributed by atoms with van der Waals surface area (Å²) in [6.07, 6.45) is 1.72. The average molecular weight is 465 g/mol. The summed E-state index contributed by atoms with van der Waals surface area (Å²) in [6.45, 7) is 10.0. The van der Waals surface area contributed by atoms with Crippen LogP contribution in [0, 0.1) is 0 Å². The monoisotopic (exact) mass is 465 g/mol. The lowest BCUT2D eigenvalue weighted by atomic mass is 10.1. The molecule has 0 fully saturated rings. The minimum atomic E-state index is 0. The van der Waals surface area contributed by atoms with E-state index < -0.39 is 0 Å². The second kappa shape index (κ2) is 15.1. The van der Waals surface area contributed by atoms with Gasteiger partial charge in [0.15, 0.2) is 17.5 Å². The van der Waals surface area contributed by atoms with E-state index in [9.17, 15) is 0 Å². The Kier molecular flexibility index (Phi) is 14.3. The van der Waals surface area contributed by atoms with Gasteiger partial charge in [-0.2, -0.15) is 0 Å². The molecule has 0 atom stereocenters. The predicted molar refractivity (Wildman–Crippen MR) is 114 cm³/mol. The molecule has 25 heavy (non-hydrogen) atoms. The minimum absolute atomic E-state index is 0. The number of ether oxygens (including phenoxy) is 3. The predicted octanol–water partition coefficient (Wildman–Crippen LogP) is 2.98. The summed E-state index contributed by atoms with van der Waals surface area (Å²) >= 11 is 0. The van der Waals surface area contributed by atoms with E-state index in [1.807, 2.05) is 39.0 Å². The first-order valence-electron chi connectivity index (χ1n) is 8.71. The van der Waals surface area contributed by atoms with Gasteiger partial charge in [-0.25, -0.2) is 0 Å². The van der Waals surface area contributed by atoms with Crippen LogP contribution in [0.1, 0.15) is 32.8 Å². The first-order chi connectivity index (χ1) is 11.7. The van der Waals surface area contributed by atoms with Gasteiger partial charge in [-0.05, 0) is 51.3 Å². The molecule has 0 aliphatic carbocycles. The minimum Gasteiger partial charge on any atom is -0.490 e. The molecule has 1 aromatic carbocycles. The fourth-order valence-electron chi connectivity index (χ4n) is 2.15. The van der Waals surface area contributed by atoms with Gasteiger partial charge in [-0.3, -0.25) is 4.99 Å². The Labute approximate surface area is 168 Å². The van der Waals surface area contributed by atoms with Crippen LogP contribution in [0.15, 0.2) is 23.2 Å². The number of nitrogens with zero attached hydrogens (tertiary/aromatic N) is 1. The third-order valence-corrected chi connectivity index (χ3v) is 3.26. The highest BCUT2D eigenvalue weighted by molar-refractivity contribution is 14.0. The van der Waals surface area contributed by atoms with Crippen molar-refractivity contribution >= 4 is 29.9 Å². The van der Waals surface area contributed by atoms with Crippen LogP contribution in [-0.2, 0) is 11.2 Å². The quantitative estimate of drug-likeness (QED) is 0.215. The topological polar surface area (TPSA) is 78.1 Å². The largest absolute Gasteiger partial charge is 0.490 e. The molecular formula is C18H32IN3O3. The lowest BCUT2D eigenvalue weighted by molar-refractivity contribution is 0.146. The van der Waals surface area contributed by atoms with Crippen molar-refractivity contribution in [2.45, 2.75) is 33.6 Å². The zero-order valence-electron chi connectivity index (χ0n) is 15.5. The van der Waals surface area contributed by atoms with Crippen LogP contribution in [0.2, 0.25) is 0 Å². The average Bonchev–Trinajstić information content (AvgIpc) is 2.57. The zero-order valence-corrected chi connectivity index (χ0v) is 17.9. The maximum absolute atomic E-state index is 5.85. The molecule has 144 valence electrons. The molecular weight excluding hydrogens is 433 g/mol. The fourth-order valence-corrected chi connectivity index (χ4v) is 2.15. The Bertz CT molecular complexity index is 498. The van der Waals surface area contributed by atoms with Gasteiger partial charge in [-0.1, -0.05) is 6.07 Å². The van der Waals surface area contributed by atoms with E-state index in [2.05, 4.69) is 10.3 Å². The van der Waals surface area contributed by atoms with Crippen molar-refractivity contribution in [2.75, 3.05) is 39.5 Å². The third-order valence-electron chi connectivity index (χ3n) is 3.26. The van der Waals surface area contributed by atoms with Gasteiger partial charge in [0.2, 0.25) is 0 Å². The molecule has 0 bridgehead atoms. The van der Waals surface area contributed by atoms with Gasteiger partial charge >= 0.3 is 0 Å². The summed E-state index contributed by atoms with van der Waals surface area (Å²) in [4.78, 5) is 4.27. The molecule has 0 heterocycles. The summed E-state index contributed by atoms with van der Waals surface area (Å²) in [7, 11) is 0. The molecule has 1 rings (SSSR count). The summed E-state index contributed by atoms with van der Waals surface area (Å²) in [5.41, 5.74) is 7.01. The smallest absolute Gasteiger partial charge is 0.188 e. The van der Waals surface area contributed by atoms with Gasteiger partial charge < -0.3 is 25.3 Å². The van der Waals surface area contributed by atoms with E-state index in [-0.39, 0.29) is 24.0 Å². The lowest BCUT2D eigenvalue weighted by Gasteiger charge is -2.12. The Morgan fingerprint density at radius 1 is 1.08 bits per heavy atom. The molecule has 0 radical (unpaired) electrons. The number of hydrogen-bond donors (Lipinski definition) is 2. The Balaban J connectivity index is 0.00000576. The molecule has 0 unspecified atom stereocenters. The number of guanidine groups is 1. The molecule has 0 aliphatic rings. The van der Waals surface area contributed by atoms with Gasteiger partial charge in [0, 0.05) is 26.3 Å². The van der Waals surface area contributed by atoms with Crippen LogP contribution in [0.4, 0.5) is 0 Å². The van der Waals surface area contributed by atoms with Crippen LogP contribution in [0.25, 0.3) is 0 Å². The Morgan fingerprint density at radius 2 is 1.80 bits per heavy atom. The van der Waals surface area contributed by atoms with Gasteiger partial charge in [0.25, 0.3) is 0 Å². The first-order valence-corrected chi connectivity index (χ1v) is 8.71. The maximum Gasteiger partial charge on any atom is 0.188 e. The highest BCUT2D eigenvalue weighted by atomic mass is 127. The second-order valence-electron chi connectivity index (χ2n) is 5.14. The van der Waals surface area contributed by atoms with E-state index >= 15 is 0 Å². The molecule has 7 heteroatoms. The Morgan fingerprint density at radius 3 is 2.48 bits per heavy atom. The molecule has 0 spiro atoms. The summed E-state index contributed by atoms with van der Waals surface area (Å²) in [5.74, 6) is 2.04. The number of halogens is 1. The highest BCUT2D eigenvalue weighted by Gasteiger charge is 2.06. The highest BCUT2D eigenvalue weighted by Crippen LogP contribution is 2.28. The van der Waals surface area contributed by atoms with E-state index in [4.69, 9.17) is 19.9 Å². The van der Waals surface area contributed by atoms with Crippen LogP contribution in [-0.4, -0.2) is 45.5 Å². The van der Waals surface area contributed by atoms with Gasteiger partial charge in [0.05, 0.1) is 13.2 Å². The SMILES string of the molecule is CCOCCCN=C(N)NCCc1ccc(OCC)c(OCC)c1.I. The number of aliphatic imine (C=N–C) groups is 1. The number of rotatable bonds is 12. The van der Waals surface area contributed by atoms with E-state index in [0.29, 0.717) is 25.7 Å². The standard InChI is InChI=1S/C18H31N3O3.HI/c1-4-22-13-7-11-20-18(19)21-12-10-15-8-9-16(23-5-2)17(14-15)24-6-3;/h8-9,14H,4-7,10-13H2,1-3H3,(H3,19,20,21);1H. The van der Waals surface area contributed by atoms with Crippen molar-refractivity contribution in [1.82, 2.24) is 5.32 Å². The molecule has 0 amide bonds. The number of nitrogens with two attached hydrogens (primary N) is 1. The maximum atomic E-state index is 5.85. The van der Waals surface area contributed by atoms with Crippen molar-refractivity contribution < 1.29 is 14.2 Å². The number of hydrogen-bond acceptors (Lipinski definition) is 4. The first kappa shape index (κ1) is 23.8. The van der Waals surface area contributed by atoms with Crippen molar-refractivity contribution in [2.24, 2.45) is 10.7 Å². The molecule has 3 N–H and O–H groups in total. The summed E-state index contributed by atoms with van der Waals surface area (Å²) < 4.78 is 16.5. The summed E-state index contributed by atoms with van der Waals surface area (Å²) in [6, 6.07) is 6.02. The van der Waals surface area contributed by atoms with Crippen molar-refractivity contribution in [3.05, 3.63) is 23.8 Å². The second-order valence-corrected chi connectivity index (χ2v) is 5.14. The molecule has 0 saturated carbocycles. The van der Waals surface area contributed by atoms with Gasteiger partial charge in [0.1, 0.15) is 0 Å². The van der Waals surface area contributed by atoms with Crippen LogP contribution in [0.3, 0.4) is 0 Å². The normalized spacial score (nSPS) is 10.9. The zero-order chi connectivity index (χ0) is 17.6. The summed E-state index contributed by atoms with van der Waals surface area (Å²) in [5, 5.41) is 3.13. The molecule has 0 aromatic heterocycles. The van der Waals surface area contributed by atoms with E-state index in [1.54, 1.807) is 0 Å². The lowest BCUT2D eigenvalue weighted by Crippen LogP contribution is -2.33. The van der Waals surface area contributed by atoms with Crippen molar-refractivity contribution in [1.29, 1.82) is 0 Å². The van der Waals surface area contributed by atoms with E-state index in [0.717, 1.165) is 44.1 Å². The Hall–Kier alpha value is -1.22. The number of nitrogens with one attached hydrogen (secondary N) is 1. The van der Waals surface area contributed by atoms with Crippen LogP contribution >= 0.6 is 24.0 Å². The van der Waals surface area contributed by atoms with Crippen molar-refractivity contribution in [3.8, 4) is 11.5 Å². The molecule has 0 saturated heterocycles. The van der Waals surface area contributed by atoms with E-state index in [1.165, 1.54) is 5.56 Å². The molecule has 6 nitrogen and oxygen atoms in total. The molecule has 1 aromatic rings. The van der Waals surface area contributed by atoms with Crippen molar-refractivity contribution in [3.63, 3.8) is 0 Å². The molecule has 0 aliphatic heterocycles. The van der Waals surface area contributed by atoms with Crippen LogP contribution < -0.4 is 20.5 Å². The number of benzene rings is 1. The van der Waals surface area contributed by atoms with Gasteiger partial charge in [-0.15, -0.1) is 24.0 Å².